The topological polar surface area (TPSA) is 142 Å². The molecule has 48 heavy (non-hydrogen) atoms. The van der Waals surface area contributed by atoms with Crippen LogP contribution in [0.1, 0.15) is 181 Å². The summed E-state index contributed by atoms with van der Waals surface area (Å²) in [5.41, 5.74) is 5.08. The lowest BCUT2D eigenvalue weighted by Gasteiger charge is -2.36. The van der Waals surface area contributed by atoms with Crippen molar-refractivity contribution in [1.29, 1.82) is 0 Å². The summed E-state index contributed by atoms with van der Waals surface area (Å²) in [6.07, 6.45) is 34.9. The maximum absolute atomic E-state index is 10.5. The number of ether oxygens (including phenoxy) is 2. The summed E-state index contributed by atoms with van der Waals surface area (Å²) in [5.74, 6) is -0.167. The lowest BCUT2D eigenvalue weighted by Crippen LogP contribution is -2.50. The standard InChI is InChI=1S/C24H48O6.C16H29NO/c1-2-3-4-5-6-7-8-9-10-11-12-13-14-15-20(26)16-17-29-23-18-21(27)24(28)22(19-25)30-23;1-2-3-4-5-6-7-8-9-10-11-12-13-14-15-16(17)18/h20-28H,2-19H2,1H3;2-3,5-6H,4,7-15H2,1H3,(H2,17,18)/b;3-2-,6-5-. The fraction of sp³-hybridized carbons (Fsp3) is 0.875. The Morgan fingerprint density at radius 2 is 1.33 bits per heavy atom. The third-order valence-electron chi connectivity index (χ3n) is 9.08. The van der Waals surface area contributed by atoms with Crippen molar-refractivity contribution >= 4 is 5.91 Å². The Bertz CT molecular complexity index is 747. The Morgan fingerprint density at radius 1 is 0.792 bits per heavy atom. The third-order valence-corrected chi connectivity index (χ3v) is 9.08. The molecule has 5 unspecified atom stereocenters. The Balaban J connectivity index is 0.00000105. The summed E-state index contributed by atoms with van der Waals surface area (Å²) < 4.78 is 11.0. The van der Waals surface area contributed by atoms with E-state index in [1.807, 2.05) is 0 Å². The summed E-state index contributed by atoms with van der Waals surface area (Å²) >= 11 is 0. The Morgan fingerprint density at radius 3 is 1.88 bits per heavy atom. The monoisotopic (exact) mass is 684 g/mol. The molecule has 1 rings (SSSR count). The van der Waals surface area contributed by atoms with Gasteiger partial charge >= 0.3 is 0 Å². The maximum atomic E-state index is 10.5. The minimum atomic E-state index is -1.09. The van der Waals surface area contributed by atoms with E-state index in [1.54, 1.807) is 0 Å². The van der Waals surface area contributed by atoms with Crippen LogP contribution in [-0.2, 0) is 14.3 Å². The normalized spacial score (nSPS) is 20.3. The zero-order chi connectivity index (χ0) is 35.5. The van der Waals surface area contributed by atoms with Crippen LogP contribution in [0.25, 0.3) is 0 Å². The van der Waals surface area contributed by atoms with Crippen LogP contribution in [0.2, 0.25) is 0 Å². The highest BCUT2D eigenvalue weighted by Gasteiger charge is 2.36. The SMILES string of the molecule is C/C=C\C/C=C\CCCCCCCCCC(N)=O.CCCCCCCCCCCCCCCC(O)CCOC1CC(O)C(O)C(CO)O1. The molecule has 0 bridgehead atoms. The highest BCUT2D eigenvalue weighted by atomic mass is 16.7. The molecule has 0 aliphatic carbocycles. The zero-order valence-electron chi connectivity index (χ0n) is 31.1. The summed E-state index contributed by atoms with van der Waals surface area (Å²) in [6.45, 7) is 4.29. The lowest BCUT2D eigenvalue weighted by atomic mass is 10.0. The van der Waals surface area contributed by atoms with Crippen molar-refractivity contribution < 1.29 is 34.7 Å². The number of rotatable bonds is 31. The summed E-state index contributed by atoms with van der Waals surface area (Å²) in [4.78, 5) is 10.5. The van der Waals surface area contributed by atoms with E-state index in [9.17, 15) is 20.1 Å². The maximum Gasteiger partial charge on any atom is 0.217 e. The van der Waals surface area contributed by atoms with Crippen LogP contribution in [0, 0.1) is 0 Å². The van der Waals surface area contributed by atoms with Gasteiger partial charge in [-0.25, -0.2) is 0 Å². The van der Waals surface area contributed by atoms with Gasteiger partial charge in [-0.3, -0.25) is 4.79 Å². The Hall–Kier alpha value is -1.29. The van der Waals surface area contributed by atoms with Crippen molar-refractivity contribution in [2.75, 3.05) is 13.2 Å². The smallest absolute Gasteiger partial charge is 0.217 e. The molecule has 8 nitrogen and oxygen atoms in total. The molecular weight excluding hydrogens is 606 g/mol. The number of hydrogen-bond donors (Lipinski definition) is 5. The van der Waals surface area contributed by atoms with Crippen LogP contribution >= 0.6 is 0 Å². The van der Waals surface area contributed by atoms with Gasteiger partial charge in [-0.1, -0.05) is 147 Å². The quantitative estimate of drug-likeness (QED) is 0.0364. The molecule has 8 heteroatoms. The van der Waals surface area contributed by atoms with Crippen molar-refractivity contribution in [1.82, 2.24) is 0 Å². The van der Waals surface area contributed by atoms with E-state index in [0.29, 0.717) is 19.4 Å². The molecule has 0 radical (unpaired) electrons. The molecule has 6 N–H and O–H groups in total. The van der Waals surface area contributed by atoms with Gasteiger partial charge in [-0.2, -0.15) is 0 Å². The molecule has 1 aliphatic rings. The van der Waals surface area contributed by atoms with E-state index in [2.05, 4.69) is 38.2 Å². The molecule has 1 saturated heterocycles. The van der Waals surface area contributed by atoms with Crippen LogP contribution in [-0.4, -0.2) is 70.3 Å². The number of allylic oxidation sites excluding steroid dienone is 4. The number of aliphatic hydroxyl groups excluding tert-OH is 4. The fourth-order valence-corrected chi connectivity index (χ4v) is 5.93. The molecule has 1 aliphatic heterocycles. The predicted molar refractivity (Wildman–Crippen MR) is 199 cm³/mol. The molecule has 0 spiro atoms. The van der Waals surface area contributed by atoms with Gasteiger partial charge < -0.3 is 35.6 Å². The average Bonchev–Trinajstić information content (AvgIpc) is 3.07. The summed E-state index contributed by atoms with van der Waals surface area (Å²) in [7, 11) is 0. The number of primary amides is 1. The molecule has 5 atom stereocenters. The number of nitrogens with two attached hydrogens (primary N) is 1. The number of carbonyl (C=O) groups is 1. The number of amides is 1. The fourth-order valence-electron chi connectivity index (χ4n) is 5.93. The third kappa shape index (κ3) is 30.7. The van der Waals surface area contributed by atoms with Gasteiger partial charge in [-0.15, -0.1) is 0 Å². The second kappa shape index (κ2) is 35.5. The predicted octanol–water partition coefficient (Wildman–Crippen LogP) is 8.57. The van der Waals surface area contributed by atoms with Gasteiger partial charge in [0.15, 0.2) is 6.29 Å². The van der Waals surface area contributed by atoms with E-state index < -0.39 is 24.6 Å². The van der Waals surface area contributed by atoms with Gasteiger partial charge in [0.1, 0.15) is 12.2 Å². The van der Waals surface area contributed by atoms with Crippen molar-refractivity contribution in [2.45, 2.75) is 211 Å². The van der Waals surface area contributed by atoms with Crippen LogP contribution in [0.15, 0.2) is 24.3 Å². The molecular formula is C40H77NO7. The molecule has 284 valence electrons. The number of hydrogen-bond acceptors (Lipinski definition) is 7. The first kappa shape index (κ1) is 46.7. The Labute approximate surface area is 294 Å². The first-order valence-corrected chi connectivity index (χ1v) is 19.8. The summed E-state index contributed by atoms with van der Waals surface area (Å²) in [5, 5.41) is 38.7. The molecule has 0 aromatic rings. The van der Waals surface area contributed by atoms with Crippen molar-refractivity contribution in [3.05, 3.63) is 24.3 Å². The van der Waals surface area contributed by atoms with Crippen LogP contribution in [0.4, 0.5) is 0 Å². The Kier molecular flexibility index (Phi) is 34.6. The zero-order valence-corrected chi connectivity index (χ0v) is 31.1. The molecule has 1 fully saturated rings. The number of aliphatic hydroxyl groups is 4. The first-order valence-electron chi connectivity index (χ1n) is 19.8. The first-order chi connectivity index (χ1) is 23.3. The van der Waals surface area contributed by atoms with Crippen LogP contribution in [0.3, 0.4) is 0 Å². The largest absolute Gasteiger partial charge is 0.394 e. The molecule has 0 aromatic carbocycles. The molecule has 0 saturated carbocycles. The van der Waals surface area contributed by atoms with Gasteiger partial charge in [0.2, 0.25) is 5.91 Å². The van der Waals surface area contributed by atoms with E-state index in [0.717, 1.165) is 32.1 Å². The number of unbranched alkanes of at least 4 members (excludes halogenated alkanes) is 19. The number of carbonyl (C=O) groups excluding carboxylic acids is 1. The van der Waals surface area contributed by atoms with E-state index in [-0.39, 0.29) is 25.0 Å². The van der Waals surface area contributed by atoms with Gasteiger partial charge in [-0.05, 0) is 45.4 Å². The second-order valence-corrected chi connectivity index (χ2v) is 13.7. The van der Waals surface area contributed by atoms with E-state index >= 15 is 0 Å². The van der Waals surface area contributed by atoms with E-state index in [1.165, 1.54) is 116 Å². The van der Waals surface area contributed by atoms with Gasteiger partial charge in [0, 0.05) is 12.8 Å². The van der Waals surface area contributed by atoms with E-state index in [4.69, 9.17) is 20.3 Å². The molecule has 0 aromatic heterocycles. The van der Waals surface area contributed by atoms with Gasteiger partial charge in [0.05, 0.1) is 25.4 Å². The lowest BCUT2D eigenvalue weighted by molar-refractivity contribution is -0.257. The van der Waals surface area contributed by atoms with Crippen LogP contribution < -0.4 is 5.73 Å². The summed E-state index contributed by atoms with van der Waals surface area (Å²) in [6, 6.07) is 0. The average molecular weight is 684 g/mol. The minimum Gasteiger partial charge on any atom is -0.394 e. The highest BCUT2D eigenvalue weighted by Crippen LogP contribution is 2.22. The van der Waals surface area contributed by atoms with Crippen molar-refractivity contribution in [3.63, 3.8) is 0 Å². The van der Waals surface area contributed by atoms with Gasteiger partial charge in [0.25, 0.3) is 0 Å². The molecule has 1 heterocycles. The molecule has 1 amide bonds. The van der Waals surface area contributed by atoms with Crippen LogP contribution in [0.5, 0.6) is 0 Å². The second-order valence-electron chi connectivity index (χ2n) is 13.7. The van der Waals surface area contributed by atoms with Crippen molar-refractivity contribution in [2.24, 2.45) is 5.73 Å². The minimum absolute atomic E-state index is 0.167. The highest BCUT2D eigenvalue weighted by molar-refractivity contribution is 5.73. The van der Waals surface area contributed by atoms with Crippen molar-refractivity contribution in [3.8, 4) is 0 Å².